The van der Waals surface area contributed by atoms with Crippen LogP contribution in [0.3, 0.4) is 0 Å². The highest BCUT2D eigenvalue weighted by atomic mass is 16.6. The van der Waals surface area contributed by atoms with Gasteiger partial charge in [0.1, 0.15) is 6.61 Å². The zero-order chi connectivity index (χ0) is 14.4. The molecule has 1 aromatic rings. The van der Waals surface area contributed by atoms with E-state index in [1.807, 2.05) is 36.4 Å². The Hall–Kier alpha value is -2.49. The van der Waals surface area contributed by atoms with Crippen molar-refractivity contribution >= 4 is 12.0 Å². The van der Waals surface area contributed by atoms with Crippen LogP contribution in [-0.2, 0) is 19.9 Å². The van der Waals surface area contributed by atoms with Crippen LogP contribution in [0.4, 0.5) is 0 Å². The summed E-state index contributed by atoms with van der Waals surface area (Å²) in [6, 6.07) is 7.49. The maximum atomic E-state index is 12.4. The second-order valence-corrected chi connectivity index (χ2v) is 4.29. The van der Waals surface area contributed by atoms with Gasteiger partial charge in [-0.3, -0.25) is 0 Å². The van der Waals surface area contributed by atoms with Gasteiger partial charge in [0, 0.05) is 12.0 Å². The monoisotopic (exact) mass is 266 g/mol. The molecule has 1 atom stereocenters. The molecule has 1 unspecified atom stereocenters. The Morgan fingerprint density at radius 1 is 1.25 bits per heavy atom. The number of terminal acetylenes is 2. The third kappa shape index (κ3) is 2.45. The van der Waals surface area contributed by atoms with Crippen LogP contribution in [0.15, 0.2) is 30.3 Å². The van der Waals surface area contributed by atoms with Crippen LogP contribution in [0, 0.1) is 24.7 Å². The zero-order valence-electron chi connectivity index (χ0n) is 11.0. The summed E-state index contributed by atoms with van der Waals surface area (Å²) in [5, 5.41) is 0. The Morgan fingerprint density at radius 2 is 2.00 bits per heavy atom. The maximum Gasteiger partial charge on any atom is 0.344 e. The summed E-state index contributed by atoms with van der Waals surface area (Å²) in [6.07, 6.45) is 14.6. The number of esters is 1. The fourth-order valence-electron chi connectivity index (χ4n) is 2.25. The van der Waals surface area contributed by atoms with Gasteiger partial charge < -0.3 is 9.47 Å². The molecule has 1 aliphatic carbocycles. The average Bonchev–Trinajstić information content (AvgIpc) is 2.50. The topological polar surface area (TPSA) is 35.5 Å². The van der Waals surface area contributed by atoms with Crippen LogP contribution in [0.25, 0.3) is 6.08 Å². The van der Waals surface area contributed by atoms with E-state index >= 15 is 0 Å². The third-order valence-corrected chi connectivity index (χ3v) is 3.12. The number of fused-ring (bicyclic) bond motifs is 1. The molecule has 0 saturated heterocycles. The van der Waals surface area contributed by atoms with E-state index in [1.165, 1.54) is 0 Å². The lowest BCUT2D eigenvalue weighted by Gasteiger charge is -2.33. The fraction of sp³-hybridized carbons (Fsp3) is 0.235. The first-order valence-corrected chi connectivity index (χ1v) is 6.19. The minimum atomic E-state index is -1.21. The summed E-state index contributed by atoms with van der Waals surface area (Å²) in [5.41, 5.74) is 0.447. The molecule has 3 nitrogen and oxygen atoms in total. The molecule has 0 radical (unpaired) electrons. The lowest BCUT2D eigenvalue weighted by molar-refractivity contribution is -0.171. The van der Waals surface area contributed by atoms with Crippen LogP contribution in [0.5, 0.6) is 0 Å². The first-order valence-electron chi connectivity index (χ1n) is 6.19. The van der Waals surface area contributed by atoms with Gasteiger partial charge in [0.05, 0.1) is 0 Å². The van der Waals surface area contributed by atoms with Gasteiger partial charge in [0.25, 0.3) is 0 Å². The van der Waals surface area contributed by atoms with Gasteiger partial charge in [0.2, 0.25) is 0 Å². The van der Waals surface area contributed by atoms with E-state index in [-0.39, 0.29) is 13.2 Å². The lowest BCUT2D eigenvalue weighted by atomic mass is 9.82. The van der Waals surface area contributed by atoms with Gasteiger partial charge in [-0.25, -0.2) is 4.79 Å². The number of benzene rings is 1. The molecule has 1 aromatic carbocycles. The Kier molecular flexibility index (Phi) is 4.25. The number of carbonyl (C=O) groups is 1. The quantitative estimate of drug-likeness (QED) is 0.618. The molecular weight excluding hydrogens is 252 g/mol. The maximum absolute atomic E-state index is 12.4. The normalized spacial score (nSPS) is 19.5. The highest BCUT2D eigenvalue weighted by Crippen LogP contribution is 2.38. The predicted molar refractivity (Wildman–Crippen MR) is 76.3 cm³/mol. The number of hydrogen-bond acceptors (Lipinski definition) is 3. The molecular formula is C17H14O3. The van der Waals surface area contributed by atoms with Crippen LogP contribution in [-0.4, -0.2) is 19.2 Å². The molecule has 0 spiro atoms. The molecule has 0 aromatic heterocycles. The van der Waals surface area contributed by atoms with E-state index in [9.17, 15) is 4.79 Å². The van der Waals surface area contributed by atoms with E-state index in [1.54, 1.807) is 0 Å². The molecule has 100 valence electrons. The van der Waals surface area contributed by atoms with E-state index in [4.69, 9.17) is 22.3 Å². The molecule has 0 amide bonds. The Labute approximate surface area is 118 Å². The Balaban J connectivity index is 2.43. The molecule has 2 rings (SSSR count). The van der Waals surface area contributed by atoms with Crippen molar-refractivity contribution in [3.63, 3.8) is 0 Å². The smallest absolute Gasteiger partial charge is 0.344 e. The summed E-state index contributed by atoms with van der Waals surface area (Å²) in [4.78, 5) is 12.4. The average molecular weight is 266 g/mol. The summed E-state index contributed by atoms with van der Waals surface area (Å²) in [5.74, 6) is 4.15. The van der Waals surface area contributed by atoms with Crippen molar-refractivity contribution in [3.05, 3.63) is 41.5 Å². The SMILES string of the molecule is C#CCOC(=O)C1(OCC#C)CC=Cc2ccccc21. The van der Waals surface area contributed by atoms with Gasteiger partial charge in [0.15, 0.2) is 12.2 Å². The van der Waals surface area contributed by atoms with E-state index in [0.29, 0.717) is 6.42 Å². The first-order chi connectivity index (χ1) is 9.74. The van der Waals surface area contributed by atoms with Gasteiger partial charge in [-0.15, -0.1) is 12.8 Å². The number of rotatable bonds is 4. The second kappa shape index (κ2) is 6.10. The summed E-state index contributed by atoms with van der Waals surface area (Å²) < 4.78 is 10.8. The lowest BCUT2D eigenvalue weighted by Crippen LogP contribution is -2.41. The molecule has 0 bridgehead atoms. The summed E-state index contributed by atoms with van der Waals surface area (Å²) in [6.45, 7) is -0.0702. The minimum absolute atomic E-state index is 0.0212. The van der Waals surface area contributed by atoms with Crippen molar-refractivity contribution in [2.75, 3.05) is 13.2 Å². The molecule has 0 aliphatic heterocycles. The van der Waals surface area contributed by atoms with Gasteiger partial charge >= 0.3 is 5.97 Å². The predicted octanol–water partition coefficient (Wildman–Crippen LogP) is 2.12. The van der Waals surface area contributed by atoms with Crippen molar-refractivity contribution in [2.24, 2.45) is 0 Å². The van der Waals surface area contributed by atoms with Gasteiger partial charge in [-0.2, -0.15) is 0 Å². The van der Waals surface area contributed by atoms with Crippen molar-refractivity contribution in [1.82, 2.24) is 0 Å². The number of ether oxygens (including phenoxy) is 2. The van der Waals surface area contributed by atoms with Crippen molar-refractivity contribution in [1.29, 1.82) is 0 Å². The largest absolute Gasteiger partial charge is 0.450 e. The molecule has 3 heteroatoms. The molecule has 0 N–H and O–H groups in total. The van der Waals surface area contributed by atoms with Crippen LogP contribution < -0.4 is 0 Å². The van der Waals surface area contributed by atoms with Crippen molar-refractivity contribution in [3.8, 4) is 24.7 Å². The summed E-state index contributed by atoms with van der Waals surface area (Å²) in [7, 11) is 0. The minimum Gasteiger partial charge on any atom is -0.450 e. The number of hydrogen-bond donors (Lipinski definition) is 0. The molecule has 0 fully saturated rings. The van der Waals surface area contributed by atoms with E-state index < -0.39 is 11.6 Å². The fourth-order valence-corrected chi connectivity index (χ4v) is 2.25. The third-order valence-electron chi connectivity index (χ3n) is 3.12. The summed E-state index contributed by atoms with van der Waals surface area (Å²) >= 11 is 0. The standard InChI is InChI=1S/C17H14O3/c1-3-12-19-16(18)17(20-13-4-2)11-7-9-14-8-5-6-10-15(14)17/h1-2,5-10H,11-13H2. The van der Waals surface area contributed by atoms with Crippen molar-refractivity contribution in [2.45, 2.75) is 12.0 Å². The Bertz CT molecular complexity index is 616. The van der Waals surface area contributed by atoms with Crippen LogP contribution in [0.2, 0.25) is 0 Å². The van der Waals surface area contributed by atoms with Crippen LogP contribution >= 0.6 is 0 Å². The molecule has 1 aliphatic rings. The van der Waals surface area contributed by atoms with Gasteiger partial charge in [-0.05, 0) is 5.56 Å². The van der Waals surface area contributed by atoms with Crippen LogP contribution in [0.1, 0.15) is 17.5 Å². The van der Waals surface area contributed by atoms with E-state index in [2.05, 4.69) is 11.8 Å². The van der Waals surface area contributed by atoms with Gasteiger partial charge in [-0.1, -0.05) is 48.3 Å². The first kappa shape index (κ1) is 13.9. The van der Waals surface area contributed by atoms with Crippen molar-refractivity contribution < 1.29 is 14.3 Å². The van der Waals surface area contributed by atoms with E-state index in [0.717, 1.165) is 11.1 Å². The zero-order valence-corrected chi connectivity index (χ0v) is 11.0. The molecule has 0 saturated carbocycles. The molecule has 20 heavy (non-hydrogen) atoms. The highest BCUT2D eigenvalue weighted by molar-refractivity contribution is 5.85. The highest BCUT2D eigenvalue weighted by Gasteiger charge is 2.44. The number of carbonyl (C=O) groups excluding carboxylic acids is 1. The Morgan fingerprint density at radius 3 is 2.75 bits per heavy atom. The second-order valence-electron chi connectivity index (χ2n) is 4.29. The molecule has 0 heterocycles.